The number of benzene rings is 1. The number of piperidine rings is 1. The maximum absolute atomic E-state index is 12.7. The van der Waals surface area contributed by atoms with E-state index in [1.165, 1.54) is 9.60 Å². The van der Waals surface area contributed by atoms with Gasteiger partial charge in [0.25, 0.3) is 5.91 Å². The standard InChI is InChI=1S/C22H26N4O3S/c27-18(9-14-26-20(28)22(24-21(26)29)10-3-4-11-22)25-12-7-15(8-13-25)19-23-16-5-1-2-6-17(16)30-19/h1-2,5-6,15H,3-4,7-14H2,(H,24,29). The molecule has 2 saturated heterocycles. The van der Waals surface area contributed by atoms with Crippen LogP contribution in [0.25, 0.3) is 10.2 Å². The van der Waals surface area contributed by atoms with Crippen molar-refractivity contribution < 1.29 is 14.4 Å². The highest BCUT2D eigenvalue weighted by Crippen LogP contribution is 2.36. The third-order valence-corrected chi connectivity index (χ3v) is 7.96. The van der Waals surface area contributed by atoms with Gasteiger partial charge >= 0.3 is 6.03 Å². The molecule has 158 valence electrons. The quantitative estimate of drug-likeness (QED) is 0.761. The SMILES string of the molecule is O=C(CCN1C(=O)NC2(CCCC2)C1=O)N1CCC(c2nc3ccccc3s2)CC1. The van der Waals surface area contributed by atoms with Crippen molar-refractivity contribution in [3.63, 3.8) is 0 Å². The molecule has 0 bridgehead atoms. The number of nitrogens with zero attached hydrogens (tertiary/aromatic N) is 3. The van der Waals surface area contributed by atoms with Crippen LogP contribution in [0.2, 0.25) is 0 Å². The Bertz CT molecular complexity index is 956. The van der Waals surface area contributed by atoms with Crippen LogP contribution >= 0.6 is 11.3 Å². The molecule has 1 spiro atoms. The Morgan fingerprint density at radius 2 is 1.90 bits per heavy atom. The molecule has 0 unspecified atom stereocenters. The normalized spacial score (nSPS) is 21.7. The van der Waals surface area contributed by atoms with Gasteiger partial charge in [-0.3, -0.25) is 14.5 Å². The third kappa shape index (κ3) is 3.37. The zero-order valence-electron chi connectivity index (χ0n) is 16.9. The first-order valence-corrected chi connectivity index (χ1v) is 11.6. The van der Waals surface area contributed by atoms with Crippen LogP contribution in [0.15, 0.2) is 24.3 Å². The molecule has 1 aromatic heterocycles. The third-order valence-electron chi connectivity index (χ3n) is 6.76. The summed E-state index contributed by atoms with van der Waals surface area (Å²) >= 11 is 1.75. The molecule has 3 fully saturated rings. The molecular weight excluding hydrogens is 400 g/mol. The highest BCUT2D eigenvalue weighted by atomic mass is 32.1. The van der Waals surface area contributed by atoms with Crippen LogP contribution in [-0.4, -0.2) is 57.8 Å². The van der Waals surface area contributed by atoms with Crippen LogP contribution in [0.5, 0.6) is 0 Å². The number of nitrogens with one attached hydrogen (secondary N) is 1. The van der Waals surface area contributed by atoms with Gasteiger partial charge < -0.3 is 10.2 Å². The number of hydrogen-bond donors (Lipinski definition) is 1. The Morgan fingerprint density at radius 1 is 1.17 bits per heavy atom. The molecule has 8 heteroatoms. The predicted octanol–water partition coefficient (Wildman–Crippen LogP) is 3.26. The molecule has 0 atom stereocenters. The van der Waals surface area contributed by atoms with Gasteiger partial charge in [-0.15, -0.1) is 11.3 Å². The summed E-state index contributed by atoms with van der Waals surface area (Å²) in [5.41, 5.74) is 0.347. The summed E-state index contributed by atoms with van der Waals surface area (Å²) in [6.07, 6.45) is 5.34. The summed E-state index contributed by atoms with van der Waals surface area (Å²) < 4.78 is 1.21. The number of hydrogen-bond acceptors (Lipinski definition) is 5. The number of amides is 4. The van der Waals surface area contributed by atoms with E-state index in [2.05, 4.69) is 11.4 Å². The average Bonchev–Trinajstić information content (AvgIpc) is 3.46. The number of rotatable bonds is 4. The number of carbonyl (C=O) groups excluding carboxylic acids is 3. The van der Waals surface area contributed by atoms with Crippen molar-refractivity contribution in [1.82, 2.24) is 20.1 Å². The van der Waals surface area contributed by atoms with E-state index in [4.69, 9.17) is 4.98 Å². The summed E-state index contributed by atoms with van der Waals surface area (Å²) in [4.78, 5) is 45.6. The second-order valence-corrected chi connectivity index (χ2v) is 9.66. The molecular formula is C22H26N4O3S. The fourth-order valence-electron chi connectivity index (χ4n) is 5.00. The van der Waals surface area contributed by atoms with Crippen molar-refractivity contribution in [2.45, 2.75) is 56.4 Å². The molecule has 1 saturated carbocycles. The van der Waals surface area contributed by atoms with E-state index in [9.17, 15) is 14.4 Å². The number of urea groups is 1. The van der Waals surface area contributed by atoms with E-state index < -0.39 is 5.54 Å². The zero-order valence-corrected chi connectivity index (χ0v) is 17.7. The number of thiazole rings is 1. The van der Waals surface area contributed by atoms with Gasteiger partial charge in [0.2, 0.25) is 5.91 Å². The van der Waals surface area contributed by atoms with Crippen LogP contribution in [0.3, 0.4) is 0 Å². The fourth-order valence-corrected chi connectivity index (χ4v) is 6.14. The predicted molar refractivity (Wildman–Crippen MR) is 114 cm³/mol. The van der Waals surface area contributed by atoms with Gasteiger partial charge in [-0.05, 0) is 37.8 Å². The zero-order chi connectivity index (χ0) is 20.7. The van der Waals surface area contributed by atoms with E-state index >= 15 is 0 Å². The first kappa shape index (κ1) is 19.5. The number of carbonyl (C=O) groups is 3. The monoisotopic (exact) mass is 426 g/mol. The number of likely N-dealkylation sites (tertiary alicyclic amines) is 1. The Kier molecular flexibility index (Phi) is 4.97. The van der Waals surface area contributed by atoms with Gasteiger partial charge in [0.1, 0.15) is 5.54 Å². The van der Waals surface area contributed by atoms with Crippen molar-refractivity contribution >= 4 is 39.4 Å². The molecule has 3 aliphatic rings. The number of imide groups is 1. The lowest BCUT2D eigenvalue weighted by molar-refractivity contribution is -0.134. The largest absolute Gasteiger partial charge is 0.343 e. The molecule has 30 heavy (non-hydrogen) atoms. The topological polar surface area (TPSA) is 82.6 Å². The van der Waals surface area contributed by atoms with Gasteiger partial charge in [-0.2, -0.15) is 0 Å². The van der Waals surface area contributed by atoms with Crippen LogP contribution in [0.1, 0.15) is 55.9 Å². The Labute approximate surface area is 179 Å². The molecule has 2 aromatic rings. The number of aromatic nitrogens is 1. The van der Waals surface area contributed by atoms with Crippen molar-refractivity contribution in [1.29, 1.82) is 0 Å². The highest BCUT2D eigenvalue weighted by molar-refractivity contribution is 7.18. The van der Waals surface area contributed by atoms with Crippen molar-refractivity contribution in [3.05, 3.63) is 29.3 Å². The minimum atomic E-state index is -0.699. The van der Waals surface area contributed by atoms with E-state index in [0.717, 1.165) is 36.2 Å². The molecule has 1 N–H and O–H groups in total. The molecule has 2 aliphatic heterocycles. The van der Waals surface area contributed by atoms with Gasteiger partial charge in [-0.1, -0.05) is 25.0 Å². The van der Waals surface area contributed by atoms with Crippen LogP contribution in [-0.2, 0) is 9.59 Å². The molecule has 5 rings (SSSR count). The molecule has 4 amide bonds. The number of para-hydroxylation sites is 1. The second kappa shape index (κ2) is 7.65. The Morgan fingerprint density at radius 3 is 2.63 bits per heavy atom. The van der Waals surface area contributed by atoms with E-state index in [-0.39, 0.29) is 30.8 Å². The molecule has 1 aliphatic carbocycles. The summed E-state index contributed by atoms with van der Waals surface area (Å²) in [6.45, 7) is 1.57. The maximum atomic E-state index is 12.7. The van der Waals surface area contributed by atoms with Crippen molar-refractivity contribution in [2.24, 2.45) is 0 Å². The first-order valence-electron chi connectivity index (χ1n) is 10.8. The van der Waals surface area contributed by atoms with E-state index in [1.54, 1.807) is 11.3 Å². The summed E-state index contributed by atoms with van der Waals surface area (Å²) in [7, 11) is 0. The van der Waals surface area contributed by atoms with Crippen LogP contribution < -0.4 is 5.32 Å². The van der Waals surface area contributed by atoms with E-state index in [0.29, 0.717) is 31.8 Å². The minimum absolute atomic E-state index is 0.0192. The maximum Gasteiger partial charge on any atom is 0.325 e. The second-order valence-electron chi connectivity index (χ2n) is 8.60. The smallest absolute Gasteiger partial charge is 0.325 e. The molecule has 1 aromatic carbocycles. The fraction of sp³-hybridized carbons (Fsp3) is 0.545. The van der Waals surface area contributed by atoms with Crippen molar-refractivity contribution in [2.75, 3.05) is 19.6 Å². The average molecular weight is 427 g/mol. The highest BCUT2D eigenvalue weighted by Gasteiger charge is 2.52. The summed E-state index contributed by atoms with van der Waals surface area (Å²) in [5, 5.41) is 4.03. The molecule has 3 heterocycles. The molecule has 7 nitrogen and oxygen atoms in total. The van der Waals surface area contributed by atoms with Gasteiger partial charge in [-0.25, -0.2) is 9.78 Å². The van der Waals surface area contributed by atoms with Crippen LogP contribution in [0.4, 0.5) is 4.79 Å². The lowest BCUT2D eigenvalue weighted by Gasteiger charge is -2.31. The lowest BCUT2D eigenvalue weighted by atomic mass is 9.97. The Hall–Kier alpha value is -2.48. The number of fused-ring (bicyclic) bond motifs is 1. The summed E-state index contributed by atoms with van der Waals surface area (Å²) in [5.74, 6) is 0.262. The first-order chi connectivity index (χ1) is 14.6. The van der Waals surface area contributed by atoms with Crippen LogP contribution in [0, 0.1) is 0 Å². The molecule has 0 radical (unpaired) electrons. The Balaban J connectivity index is 1.14. The lowest BCUT2D eigenvalue weighted by Crippen LogP contribution is -2.44. The summed E-state index contributed by atoms with van der Waals surface area (Å²) in [6, 6.07) is 7.84. The van der Waals surface area contributed by atoms with Gasteiger partial charge in [0.15, 0.2) is 0 Å². The van der Waals surface area contributed by atoms with Gasteiger partial charge in [0, 0.05) is 32.0 Å². The van der Waals surface area contributed by atoms with Crippen molar-refractivity contribution in [3.8, 4) is 0 Å². The van der Waals surface area contributed by atoms with E-state index in [1.807, 2.05) is 23.1 Å². The minimum Gasteiger partial charge on any atom is -0.343 e. The van der Waals surface area contributed by atoms with Gasteiger partial charge in [0.05, 0.1) is 15.2 Å².